The quantitative estimate of drug-likeness (QED) is 0.818. The summed E-state index contributed by atoms with van der Waals surface area (Å²) >= 11 is 0. The van der Waals surface area contributed by atoms with E-state index in [1.54, 1.807) is 0 Å². The molecule has 0 aliphatic heterocycles. The summed E-state index contributed by atoms with van der Waals surface area (Å²) in [4.78, 5) is 14.6. The van der Waals surface area contributed by atoms with Crippen LogP contribution in [0.3, 0.4) is 0 Å². The molecule has 1 aromatic heterocycles. The van der Waals surface area contributed by atoms with Crippen LogP contribution in [-0.4, -0.2) is 21.2 Å². The first-order valence-corrected chi connectivity index (χ1v) is 5.94. The van der Waals surface area contributed by atoms with Crippen molar-refractivity contribution in [1.29, 1.82) is 0 Å². The van der Waals surface area contributed by atoms with Crippen molar-refractivity contribution in [3.05, 3.63) is 11.7 Å². The van der Waals surface area contributed by atoms with E-state index in [1.165, 1.54) is 6.42 Å². The van der Waals surface area contributed by atoms with Crippen LogP contribution < -0.4 is 5.73 Å². The second kappa shape index (κ2) is 4.83. The zero-order valence-electron chi connectivity index (χ0n) is 9.69. The smallest absolute Gasteiger partial charge is 0.303 e. The summed E-state index contributed by atoms with van der Waals surface area (Å²) in [7, 11) is 0. The first kappa shape index (κ1) is 12.0. The first-order valence-electron chi connectivity index (χ1n) is 5.94. The van der Waals surface area contributed by atoms with Crippen LogP contribution in [0.4, 0.5) is 0 Å². The summed E-state index contributed by atoms with van der Waals surface area (Å²) in [6, 6.07) is 0. The van der Waals surface area contributed by atoms with Crippen molar-refractivity contribution in [2.75, 3.05) is 0 Å². The number of rotatable bonds is 4. The molecule has 1 saturated carbocycles. The molecule has 0 saturated heterocycles. The highest BCUT2D eigenvalue weighted by atomic mass is 16.5. The van der Waals surface area contributed by atoms with Crippen LogP contribution in [0.25, 0.3) is 0 Å². The lowest BCUT2D eigenvalue weighted by atomic mass is 9.82. The Balaban J connectivity index is 2.03. The molecule has 6 nitrogen and oxygen atoms in total. The minimum Gasteiger partial charge on any atom is -0.481 e. The summed E-state index contributed by atoms with van der Waals surface area (Å²) in [5, 5.41) is 12.5. The van der Waals surface area contributed by atoms with E-state index in [0.29, 0.717) is 11.7 Å². The summed E-state index contributed by atoms with van der Waals surface area (Å²) in [5.41, 5.74) is 5.77. The number of nitrogens with zero attached hydrogens (tertiary/aromatic N) is 2. The minimum absolute atomic E-state index is 0.000789. The second-order valence-corrected chi connectivity index (χ2v) is 4.62. The van der Waals surface area contributed by atoms with Gasteiger partial charge >= 0.3 is 5.97 Å². The topological polar surface area (TPSA) is 102 Å². The van der Waals surface area contributed by atoms with Crippen LogP contribution in [0, 0.1) is 0 Å². The number of aromatic nitrogens is 2. The Morgan fingerprint density at radius 2 is 2.12 bits per heavy atom. The molecule has 2 rings (SSSR count). The number of carboxylic acids is 1. The maximum absolute atomic E-state index is 10.4. The standard InChI is InChI=1S/C11H17N3O3/c12-11(6-2-1-3-7-11)10-13-8(17-14-10)4-5-9(15)16/h1-7,12H2,(H,15,16). The molecule has 1 aliphatic rings. The van der Waals surface area contributed by atoms with Gasteiger partial charge in [0.1, 0.15) is 0 Å². The fraction of sp³-hybridized carbons (Fsp3) is 0.727. The maximum atomic E-state index is 10.4. The molecule has 0 amide bonds. The van der Waals surface area contributed by atoms with E-state index in [0.717, 1.165) is 25.7 Å². The Kier molecular flexibility index (Phi) is 3.42. The molecule has 0 unspecified atom stereocenters. The van der Waals surface area contributed by atoms with Gasteiger partial charge in [-0.05, 0) is 12.8 Å². The molecule has 1 heterocycles. The maximum Gasteiger partial charge on any atom is 0.303 e. The van der Waals surface area contributed by atoms with Gasteiger partial charge in [0.15, 0.2) is 5.82 Å². The highest BCUT2D eigenvalue weighted by Crippen LogP contribution is 2.32. The van der Waals surface area contributed by atoms with Gasteiger partial charge in [0.05, 0.1) is 12.0 Å². The van der Waals surface area contributed by atoms with Gasteiger partial charge < -0.3 is 15.4 Å². The van der Waals surface area contributed by atoms with Crippen molar-refractivity contribution in [3.8, 4) is 0 Å². The molecule has 3 N–H and O–H groups in total. The Bertz CT molecular complexity index is 396. The third kappa shape index (κ3) is 2.82. The fourth-order valence-corrected chi connectivity index (χ4v) is 2.18. The molecule has 94 valence electrons. The van der Waals surface area contributed by atoms with Crippen molar-refractivity contribution in [1.82, 2.24) is 10.1 Å². The van der Waals surface area contributed by atoms with E-state index in [1.807, 2.05) is 0 Å². The molecule has 0 spiro atoms. The number of carboxylic acid groups (broad SMARTS) is 1. The first-order chi connectivity index (χ1) is 8.10. The van der Waals surface area contributed by atoms with Gasteiger partial charge in [0, 0.05) is 6.42 Å². The molecule has 0 radical (unpaired) electrons. The number of carbonyl (C=O) groups is 1. The van der Waals surface area contributed by atoms with E-state index < -0.39 is 11.5 Å². The van der Waals surface area contributed by atoms with Crippen molar-refractivity contribution in [2.45, 2.75) is 50.5 Å². The average Bonchev–Trinajstić information content (AvgIpc) is 2.76. The molecule has 1 aromatic rings. The van der Waals surface area contributed by atoms with E-state index >= 15 is 0 Å². The van der Waals surface area contributed by atoms with Crippen LogP contribution in [0.1, 0.15) is 50.2 Å². The predicted molar refractivity (Wildman–Crippen MR) is 59.2 cm³/mol. The average molecular weight is 239 g/mol. The van der Waals surface area contributed by atoms with Gasteiger partial charge in [-0.2, -0.15) is 4.98 Å². The lowest BCUT2D eigenvalue weighted by Crippen LogP contribution is -2.39. The largest absolute Gasteiger partial charge is 0.481 e. The normalized spacial score (nSPS) is 19.1. The van der Waals surface area contributed by atoms with Crippen LogP contribution >= 0.6 is 0 Å². The van der Waals surface area contributed by atoms with Crippen LogP contribution in [-0.2, 0) is 16.8 Å². The molecular formula is C11H17N3O3. The van der Waals surface area contributed by atoms with Gasteiger partial charge in [0.25, 0.3) is 0 Å². The van der Waals surface area contributed by atoms with Gasteiger partial charge in [-0.15, -0.1) is 0 Å². The number of aliphatic carboxylic acids is 1. The zero-order valence-corrected chi connectivity index (χ0v) is 9.69. The molecule has 1 aliphatic carbocycles. The molecule has 0 atom stereocenters. The molecule has 6 heteroatoms. The number of hydrogen-bond acceptors (Lipinski definition) is 5. The Morgan fingerprint density at radius 3 is 2.76 bits per heavy atom. The van der Waals surface area contributed by atoms with Gasteiger partial charge in [-0.3, -0.25) is 4.79 Å². The Hall–Kier alpha value is -1.43. The third-order valence-corrected chi connectivity index (χ3v) is 3.21. The SMILES string of the molecule is NC1(c2noc(CCC(=O)O)n2)CCCCC1. The van der Waals surface area contributed by atoms with E-state index in [-0.39, 0.29) is 12.8 Å². The Morgan fingerprint density at radius 1 is 1.41 bits per heavy atom. The van der Waals surface area contributed by atoms with Crippen molar-refractivity contribution in [3.63, 3.8) is 0 Å². The molecule has 0 bridgehead atoms. The van der Waals surface area contributed by atoms with Crippen LogP contribution in [0.15, 0.2) is 4.52 Å². The summed E-state index contributed by atoms with van der Waals surface area (Å²) in [6.45, 7) is 0. The fourth-order valence-electron chi connectivity index (χ4n) is 2.18. The highest BCUT2D eigenvalue weighted by molar-refractivity contribution is 5.66. The summed E-state index contributed by atoms with van der Waals surface area (Å²) < 4.78 is 5.03. The van der Waals surface area contributed by atoms with Gasteiger partial charge in [-0.25, -0.2) is 0 Å². The van der Waals surface area contributed by atoms with Crippen molar-refractivity contribution >= 4 is 5.97 Å². The molecule has 17 heavy (non-hydrogen) atoms. The van der Waals surface area contributed by atoms with Crippen LogP contribution in [0.5, 0.6) is 0 Å². The van der Waals surface area contributed by atoms with Crippen molar-refractivity contribution in [2.24, 2.45) is 5.73 Å². The lowest BCUT2D eigenvalue weighted by molar-refractivity contribution is -0.137. The van der Waals surface area contributed by atoms with Gasteiger partial charge in [-0.1, -0.05) is 24.4 Å². The predicted octanol–water partition coefficient (Wildman–Crippen LogP) is 1.20. The number of nitrogens with two attached hydrogens (primary N) is 1. The number of aryl methyl sites for hydroxylation is 1. The summed E-state index contributed by atoms with van der Waals surface area (Å²) in [6.07, 6.45) is 5.35. The Labute approximate surface area is 99.2 Å². The third-order valence-electron chi connectivity index (χ3n) is 3.21. The van der Waals surface area contributed by atoms with Crippen molar-refractivity contribution < 1.29 is 14.4 Å². The van der Waals surface area contributed by atoms with Crippen LogP contribution in [0.2, 0.25) is 0 Å². The van der Waals surface area contributed by atoms with E-state index in [4.69, 9.17) is 15.4 Å². The molecule has 1 fully saturated rings. The van der Waals surface area contributed by atoms with E-state index in [9.17, 15) is 4.79 Å². The van der Waals surface area contributed by atoms with E-state index in [2.05, 4.69) is 10.1 Å². The molecular weight excluding hydrogens is 222 g/mol. The number of hydrogen-bond donors (Lipinski definition) is 2. The lowest BCUT2D eigenvalue weighted by Gasteiger charge is -2.29. The van der Waals surface area contributed by atoms with Gasteiger partial charge in [0.2, 0.25) is 5.89 Å². The highest BCUT2D eigenvalue weighted by Gasteiger charge is 2.34. The zero-order chi connectivity index (χ0) is 12.3. The minimum atomic E-state index is -0.870. The monoisotopic (exact) mass is 239 g/mol. The molecule has 0 aromatic carbocycles. The second-order valence-electron chi connectivity index (χ2n) is 4.62. The summed E-state index contributed by atoms with van der Waals surface area (Å²) in [5.74, 6) is 0.0141.